The zero-order valence-electron chi connectivity index (χ0n) is 14.0. The van der Waals surface area contributed by atoms with Gasteiger partial charge in [-0.3, -0.25) is 9.69 Å². The third-order valence-corrected chi connectivity index (χ3v) is 3.53. The SMILES string of the molecule is CC(C)N1C(=O)CN(C(=O)NCC(C)(C)C)c2ccccc21. The molecule has 120 valence electrons. The molecule has 5 heteroatoms. The lowest BCUT2D eigenvalue weighted by Crippen LogP contribution is -2.53. The van der Waals surface area contributed by atoms with Crippen LogP contribution in [0.5, 0.6) is 0 Å². The van der Waals surface area contributed by atoms with Gasteiger partial charge in [-0.25, -0.2) is 4.79 Å². The minimum atomic E-state index is -0.223. The lowest BCUT2D eigenvalue weighted by atomic mass is 9.97. The molecule has 0 aromatic heterocycles. The Labute approximate surface area is 132 Å². The van der Waals surface area contributed by atoms with E-state index in [-0.39, 0.29) is 29.9 Å². The van der Waals surface area contributed by atoms with Gasteiger partial charge in [0.25, 0.3) is 0 Å². The molecule has 0 fully saturated rings. The van der Waals surface area contributed by atoms with Crippen molar-refractivity contribution in [2.24, 2.45) is 5.41 Å². The fourth-order valence-corrected chi connectivity index (χ4v) is 2.51. The van der Waals surface area contributed by atoms with E-state index in [1.54, 1.807) is 4.90 Å². The first-order valence-corrected chi connectivity index (χ1v) is 7.67. The number of fused-ring (bicyclic) bond motifs is 1. The standard InChI is InChI=1S/C17H25N3O2/c1-12(2)20-14-9-7-6-8-13(14)19(10-15(20)21)16(22)18-11-17(3,4)5/h6-9,12H,10-11H2,1-5H3,(H,18,22). The number of nitrogens with one attached hydrogen (secondary N) is 1. The zero-order chi connectivity index (χ0) is 16.5. The van der Waals surface area contributed by atoms with Crippen molar-refractivity contribution >= 4 is 23.3 Å². The van der Waals surface area contributed by atoms with Gasteiger partial charge in [-0.1, -0.05) is 32.9 Å². The van der Waals surface area contributed by atoms with Gasteiger partial charge in [0, 0.05) is 12.6 Å². The van der Waals surface area contributed by atoms with Crippen LogP contribution in [0.2, 0.25) is 0 Å². The summed E-state index contributed by atoms with van der Waals surface area (Å²) in [5, 5.41) is 2.91. The summed E-state index contributed by atoms with van der Waals surface area (Å²) in [6, 6.07) is 7.38. The number of rotatable bonds is 2. The molecule has 0 atom stereocenters. The van der Waals surface area contributed by atoms with Gasteiger partial charge in [0.05, 0.1) is 11.4 Å². The summed E-state index contributed by atoms with van der Waals surface area (Å²) in [7, 11) is 0. The van der Waals surface area contributed by atoms with Crippen LogP contribution >= 0.6 is 0 Å². The summed E-state index contributed by atoms with van der Waals surface area (Å²) in [4.78, 5) is 28.2. The summed E-state index contributed by atoms with van der Waals surface area (Å²) in [5.74, 6) is -0.0559. The van der Waals surface area contributed by atoms with Crippen molar-refractivity contribution in [2.45, 2.75) is 40.7 Å². The first-order valence-electron chi connectivity index (χ1n) is 7.67. The normalized spacial score (nSPS) is 15.1. The van der Waals surface area contributed by atoms with E-state index in [9.17, 15) is 9.59 Å². The minimum absolute atomic E-state index is 0.00105. The second-order valence-corrected chi connectivity index (χ2v) is 7.15. The van der Waals surface area contributed by atoms with Crippen LogP contribution in [0.25, 0.3) is 0 Å². The van der Waals surface area contributed by atoms with Crippen LogP contribution in [0.4, 0.5) is 16.2 Å². The summed E-state index contributed by atoms with van der Waals surface area (Å²) >= 11 is 0. The molecule has 0 aliphatic carbocycles. The van der Waals surface area contributed by atoms with Crippen molar-refractivity contribution in [3.63, 3.8) is 0 Å². The largest absolute Gasteiger partial charge is 0.337 e. The summed E-state index contributed by atoms with van der Waals surface area (Å²) in [6.45, 7) is 10.8. The average molecular weight is 303 g/mol. The highest BCUT2D eigenvalue weighted by molar-refractivity contribution is 6.10. The Bertz CT molecular complexity index is 576. The molecule has 1 heterocycles. The predicted molar refractivity (Wildman–Crippen MR) is 89.3 cm³/mol. The molecule has 0 bridgehead atoms. The highest BCUT2D eigenvalue weighted by Crippen LogP contribution is 2.34. The van der Waals surface area contributed by atoms with Gasteiger partial charge >= 0.3 is 6.03 Å². The molecule has 1 aliphatic heterocycles. The smallest absolute Gasteiger partial charge is 0.322 e. The van der Waals surface area contributed by atoms with Crippen molar-refractivity contribution in [1.29, 1.82) is 0 Å². The zero-order valence-corrected chi connectivity index (χ0v) is 14.0. The molecule has 0 unspecified atom stereocenters. The average Bonchev–Trinajstić information content (AvgIpc) is 2.42. The number of hydrogen-bond acceptors (Lipinski definition) is 2. The minimum Gasteiger partial charge on any atom is -0.337 e. The fourth-order valence-electron chi connectivity index (χ4n) is 2.51. The molecule has 1 aromatic rings. The lowest BCUT2D eigenvalue weighted by molar-refractivity contribution is -0.117. The van der Waals surface area contributed by atoms with Gasteiger partial charge in [0.15, 0.2) is 0 Å². The van der Waals surface area contributed by atoms with Gasteiger partial charge in [-0.15, -0.1) is 0 Å². The topological polar surface area (TPSA) is 52.7 Å². The number of para-hydroxylation sites is 2. The van der Waals surface area contributed by atoms with E-state index in [4.69, 9.17) is 0 Å². The maximum Gasteiger partial charge on any atom is 0.322 e. The number of urea groups is 1. The van der Waals surface area contributed by atoms with Crippen LogP contribution in [0.3, 0.4) is 0 Å². The highest BCUT2D eigenvalue weighted by Gasteiger charge is 2.33. The molecule has 2 rings (SSSR count). The third kappa shape index (κ3) is 3.40. The maximum atomic E-state index is 12.5. The number of hydrogen-bond donors (Lipinski definition) is 1. The van der Waals surface area contributed by atoms with E-state index >= 15 is 0 Å². The molecule has 1 aromatic carbocycles. The molecule has 0 radical (unpaired) electrons. The molecule has 0 saturated carbocycles. The number of anilines is 2. The van der Waals surface area contributed by atoms with Crippen LogP contribution in [-0.4, -0.2) is 31.1 Å². The summed E-state index contributed by atoms with van der Waals surface area (Å²) in [6.07, 6.45) is 0. The highest BCUT2D eigenvalue weighted by atomic mass is 16.2. The second-order valence-electron chi connectivity index (χ2n) is 7.15. The van der Waals surface area contributed by atoms with E-state index in [1.165, 1.54) is 4.90 Å². The van der Waals surface area contributed by atoms with E-state index in [1.807, 2.05) is 38.1 Å². The molecule has 1 aliphatic rings. The van der Waals surface area contributed by atoms with Crippen LogP contribution in [0.15, 0.2) is 24.3 Å². The van der Waals surface area contributed by atoms with Gasteiger partial charge in [0.2, 0.25) is 5.91 Å². The number of benzene rings is 1. The second kappa shape index (κ2) is 5.99. The van der Waals surface area contributed by atoms with Gasteiger partial charge in [-0.2, -0.15) is 0 Å². The van der Waals surface area contributed by atoms with Gasteiger partial charge in [-0.05, 0) is 31.4 Å². The predicted octanol–water partition coefficient (Wildman–Crippen LogP) is 3.00. The molecular weight excluding hydrogens is 278 g/mol. The van der Waals surface area contributed by atoms with E-state index in [0.29, 0.717) is 6.54 Å². The Hall–Kier alpha value is -2.04. The molecule has 1 N–H and O–H groups in total. The quantitative estimate of drug-likeness (QED) is 0.913. The molecule has 5 nitrogen and oxygen atoms in total. The fraction of sp³-hybridized carbons (Fsp3) is 0.529. The van der Waals surface area contributed by atoms with Crippen molar-refractivity contribution in [2.75, 3.05) is 22.9 Å². The maximum absolute atomic E-state index is 12.5. The Balaban J connectivity index is 2.29. The van der Waals surface area contributed by atoms with Gasteiger partial charge in [0.1, 0.15) is 6.54 Å². The van der Waals surface area contributed by atoms with Gasteiger partial charge < -0.3 is 10.2 Å². The van der Waals surface area contributed by atoms with E-state index in [0.717, 1.165) is 11.4 Å². The summed E-state index contributed by atoms with van der Waals surface area (Å²) < 4.78 is 0. The first-order chi connectivity index (χ1) is 10.2. The third-order valence-electron chi connectivity index (χ3n) is 3.53. The van der Waals surface area contributed by atoms with Crippen LogP contribution in [0, 0.1) is 5.41 Å². The Morgan fingerprint density at radius 3 is 2.36 bits per heavy atom. The summed E-state index contributed by atoms with van der Waals surface area (Å²) in [5.41, 5.74) is 1.57. The molecule has 22 heavy (non-hydrogen) atoms. The Morgan fingerprint density at radius 1 is 1.23 bits per heavy atom. The van der Waals surface area contributed by atoms with Crippen LogP contribution < -0.4 is 15.1 Å². The first kappa shape index (κ1) is 16.3. The number of nitrogens with zero attached hydrogens (tertiary/aromatic N) is 2. The number of amides is 3. The number of carbonyl (C=O) groups is 2. The van der Waals surface area contributed by atoms with Crippen LogP contribution in [0.1, 0.15) is 34.6 Å². The monoisotopic (exact) mass is 303 g/mol. The van der Waals surface area contributed by atoms with Crippen molar-refractivity contribution in [3.05, 3.63) is 24.3 Å². The molecule has 0 spiro atoms. The number of carbonyl (C=O) groups excluding carboxylic acids is 2. The molecular formula is C17H25N3O2. The van der Waals surface area contributed by atoms with Crippen LogP contribution in [-0.2, 0) is 4.79 Å². The van der Waals surface area contributed by atoms with Crippen molar-refractivity contribution in [1.82, 2.24) is 5.32 Å². The van der Waals surface area contributed by atoms with E-state index < -0.39 is 0 Å². The lowest BCUT2D eigenvalue weighted by Gasteiger charge is -2.38. The Morgan fingerprint density at radius 2 is 1.82 bits per heavy atom. The molecule has 0 saturated heterocycles. The van der Waals surface area contributed by atoms with E-state index in [2.05, 4.69) is 26.1 Å². The van der Waals surface area contributed by atoms with Crippen molar-refractivity contribution in [3.8, 4) is 0 Å². The van der Waals surface area contributed by atoms with Crippen molar-refractivity contribution < 1.29 is 9.59 Å². The Kier molecular flexibility index (Phi) is 4.44. The molecule has 3 amide bonds.